The molecule has 0 spiro atoms. The van der Waals surface area contributed by atoms with Crippen LogP contribution in [0.25, 0.3) is 11.5 Å². The van der Waals surface area contributed by atoms with Gasteiger partial charge in [-0.25, -0.2) is 4.39 Å². The molecule has 4 nitrogen and oxygen atoms in total. The molecule has 2 aromatic carbocycles. The van der Waals surface area contributed by atoms with Gasteiger partial charge in [0.25, 0.3) is 0 Å². The number of halogens is 2. The Labute approximate surface area is 138 Å². The molecule has 1 aromatic heterocycles. The lowest BCUT2D eigenvalue weighted by Gasteiger charge is -2.14. The summed E-state index contributed by atoms with van der Waals surface area (Å²) < 4.78 is 18.9. The molecule has 0 N–H and O–H groups in total. The molecule has 118 valence electrons. The van der Waals surface area contributed by atoms with Gasteiger partial charge in [0.15, 0.2) is 0 Å². The number of rotatable bonds is 5. The van der Waals surface area contributed by atoms with Crippen molar-refractivity contribution in [2.24, 2.45) is 0 Å². The number of hydrogen-bond donors (Lipinski definition) is 0. The van der Waals surface area contributed by atoms with Crippen molar-refractivity contribution in [1.29, 1.82) is 0 Å². The van der Waals surface area contributed by atoms with E-state index in [9.17, 15) is 4.39 Å². The summed E-state index contributed by atoms with van der Waals surface area (Å²) >= 11 is 6.12. The van der Waals surface area contributed by atoms with Crippen molar-refractivity contribution in [3.05, 3.63) is 70.8 Å². The van der Waals surface area contributed by atoms with Gasteiger partial charge in [0, 0.05) is 6.54 Å². The highest BCUT2D eigenvalue weighted by Gasteiger charge is 2.13. The average Bonchev–Trinajstić information content (AvgIpc) is 2.95. The summed E-state index contributed by atoms with van der Waals surface area (Å²) in [5, 5.41) is 8.64. The van der Waals surface area contributed by atoms with Gasteiger partial charge in [-0.05, 0) is 36.9 Å². The third kappa shape index (κ3) is 3.94. The topological polar surface area (TPSA) is 42.2 Å². The first-order valence-electron chi connectivity index (χ1n) is 7.12. The summed E-state index contributed by atoms with van der Waals surface area (Å²) in [6.07, 6.45) is 0. The quantitative estimate of drug-likeness (QED) is 0.704. The Balaban J connectivity index is 1.68. The molecule has 1 heterocycles. The number of benzene rings is 2. The van der Waals surface area contributed by atoms with Crippen molar-refractivity contribution >= 4 is 11.6 Å². The van der Waals surface area contributed by atoms with Crippen LogP contribution in [0.15, 0.2) is 52.9 Å². The summed E-state index contributed by atoms with van der Waals surface area (Å²) in [7, 11) is 1.91. The Morgan fingerprint density at radius 2 is 1.91 bits per heavy atom. The lowest BCUT2D eigenvalue weighted by molar-refractivity contribution is 0.282. The van der Waals surface area contributed by atoms with Gasteiger partial charge >= 0.3 is 0 Å². The highest BCUT2D eigenvalue weighted by molar-refractivity contribution is 6.33. The van der Waals surface area contributed by atoms with Crippen molar-refractivity contribution in [2.45, 2.75) is 13.1 Å². The van der Waals surface area contributed by atoms with Gasteiger partial charge in [-0.3, -0.25) is 4.90 Å². The van der Waals surface area contributed by atoms with Crippen molar-refractivity contribution in [1.82, 2.24) is 15.1 Å². The average molecular weight is 332 g/mol. The molecular formula is C17H15ClFN3O. The first kappa shape index (κ1) is 15.6. The van der Waals surface area contributed by atoms with E-state index in [4.69, 9.17) is 16.0 Å². The maximum Gasteiger partial charge on any atom is 0.249 e. The largest absolute Gasteiger partial charge is 0.419 e. The minimum Gasteiger partial charge on any atom is -0.419 e. The summed E-state index contributed by atoms with van der Waals surface area (Å²) in [5.74, 6) is 0.637. The van der Waals surface area contributed by atoms with Gasteiger partial charge in [0.2, 0.25) is 11.8 Å². The zero-order valence-corrected chi connectivity index (χ0v) is 13.3. The van der Waals surface area contributed by atoms with Gasteiger partial charge in [-0.15, -0.1) is 10.2 Å². The van der Waals surface area contributed by atoms with Crippen LogP contribution in [0.2, 0.25) is 5.02 Å². The molecule has 0 radical (unpaired) electrons. The fourth-order valence-corrected chi connectivity index (χ4v) is 2.51. The van der Waals surface area contributed by atoms with E-state index in [0.29, 0.717) is 35.5 Å². The smallest absolute Gasteiger partial charge is 0.249 e. The van der Waals surface area contributed by atoms with Crippen LogP contribution < -0.4 is 0 Å². The van der Waals surface area contributed by atoms with Gasteiger partial charge in [-0.1, -0.05) is 35.9 Å². The lowest BCUT2D eigenvalue weighted by Crippen LogP contribution is -2.17. The molecule has 0 amide bonds. The molecule has 0 unspecified atom stereocenters. The Kier molecular flexibility index (Phi) is 4.69. The van der Waals surface area contributed by atoms with Crippen molar-refractivity contribution < 1.29 is 8.81 Å². The van der Waals surface area contributed by atoms with Crippen LogP contribution in [0.4, 0.5) is 4.39 Å². The fraction of sp³-hybridized carbons (Fsp3) is 0.176. The first-order valence-corrected chi connectivity index (χ1v) is 7.50. The van der Waals surface area contributed by atoms with Crippen LogP contribution in [0, 0.1) is 5.82 Å². The third-order valence-corrected chi connectivity index (χ3v) is 3.65. The fourth-order valence-electron chi connectivity index (χ4n) is 2.29. The maximum absolute atomic E-state index is 13.2. The van der Waals surface area contributed by atoms with Crippen LogP contribution in [-0.2, 0) is 13.1 Å². The Morgan fingerprint density at radius 3 is 2.70 bits per heavy atom. The predicted octanol–water partition coefficient (Wildman–Crippen LogP) is 4.16. The van der Waals surface area contributed by atoms with Crippen LogP contribution >= 0.6 is 11.6 Å². The third-order valence-electron chi connectivity index (χ3n) is 3.32. The summed E-state index contributed by atoms with van der Waals surface area (Å²) in [6.45, 7) is 1.05. The molecule has 0 aliphatic heterocycles. The summed E-state index contributed by atoms with van der Waals surface area (Å²) in [4.78, 5) is 1.97. The molecule has 6 heteroatoms. The van der Waals surface area contributed by atoms with E-state index >= 15 is 0 Å². The van der Waals surface area contributed by atoms with Crippen LogP contribution in [0.1, 0.15) is 11.5 Å². The van der Waals surface area contributed by atoms with Gasteiger partial charge < -0.3 is 4.42 Å². The number of aromatic nitrogens is 2. The molecule has 0 saturated heterocycles. The SMILES string of the molecule is CN(Cc1cccc(F)c1)Cc1nnc(-c2ccccc2Cl)o1. The number of hydrogen-bond acceptors (Lipinski definition) is 4. The lowest BCUT2D eigenvalue weighted by atomic mass is 10.2. The summed E-state index contributed by atoms with van der Waals surface area (Å²) in [6, 6.07) is 13.8. The Morgan fingerprint density at radius 1 is 1.09 bits per heavy atom. The molecule has 0 saturated carbocycles. The monoisotopic (exact) mass is 331 g/mol. The molecule has 3 rings (SSSR count). The second-order valence-corrected chi connectivity index (χ2v) is 5.69. The molecule has 0 fully saturated rings. The minimum absolute atomic E-state index is 0.241. The second-order valence-electron chi connectivity index (χ2n) is 5.28. The molecule has 0 aliphatic rings. The van der Waals surface area contributed by atoms with Gasteiger partial charge in [-0.2, -0.15) is 0 Å². The molecular weight excluding hydrogens is 317 g/mol. The van der Waals surface area contributed by atoms with E-state index in [2.05, 4.69) is 10.2 Å². The maximum atomic E-state index is 13.2. The zero-order valence-electron chi connectivity index (χ0n) is 12.5. The predicted molar refractivity (Wildman–Crippen MR) is 86.3 cm³/mol. The van der Waals surface area contributed by atoms with Crippen LogP contribution in [0.3, 0.4) is 0 Å². The second kappa shape index (κ2) is 6.89. The standard InChI is InChI=1S/C17H15ClFN3O/c1-22(10-12-5-4-6-13(19)9-12)11-16-20-21-17(23-16)14-7-2-3-8-15(14)18/h2-9H,10-11H2,1H3. The molecule has 23 heavy (non-hydrogen) atoms. The molecule has 0 aliphatic carbocycles. The molecule has 0 bridgehead atoms. The van der Waals surface area contributed by atoms with Gasteiger partial charge in [0.05, 0.1) is 17.1 Å². The summed E-state index contributed by atoms with van der Waals surface area (Å²) in [5.41, 5.74) is 1.60. The van der Waals surface area contributed by atoms with Crippen molar-refractivity contribution in [3.63, 3.8) is 0 Å². The van der Waals surface area contributed by atoms with E-state index in [1.165, 1.54) is 12.1 Å². The highest BCUT2D eigenvalue weighted by atomic mass is 35.5. The van der Waals surface area contributed by atoms with E-state index < -0.39 is 0 Å². The van der Waals surface area contributed by atoms with Crippen molar-refractivity contribution in [2.75, 3.05) is 7.05 Å². The normalized spacial score (nSPS) is 11.1. The van der Waals surface area contributed by atoms with Gasteiger partial charge in [0.1, 0.15) is 5.82 Å². The van der Waals surface area contributed by atoms with E-state index in [0.717, 1.165) is 5.56 Å². The van der Waals surface area contributed by atoms with Crippen LogP contribution in [0.5, 0.6) is 0 Å². The van der Waals surface area contributed by atoms with E-state index in [1.54, 1.807) is 12.1 Å². The number of nitrogens with zero attached hydrogens (tertiary/aromatic N) is 3. The van der Waals surface area contributed by atoms with Crippen molar-refractivity contribution in [3.8, 4) is 11.5 Å². The Bertz CT molecular complexity index is 806. The minimum atomic E-state index is -0.241. The van der Waals surface area contributed by atoms with E-state index in [1.807, 2.05) is 36.2 Å². The Hall–Kier alpha value is -2.24. The first-order chi connectivity index (χ1) is 11.1. The zero-order chi connectivity index (χ0) is 16.2. The van der Waals surface area contributed by atoms with E-state index in [-0.39, 0.29) is 5.82 Å². The molecule has 3 aromatic rings. The highest BCUT2D eigenvalue weighted by Crippen LogP contribution is 2.26. The molecule has 0 atom stereocenters. The van der Waals surface area contributed by atoms with Crippen LogP contribution in [-0.4, -0.2) is 22.1 Å².